The van der Waals surface area contributed by atoms with E-state index >= 15 is 0 Å². The Kier molecular flexibility index (Phi) is 5.23. The lowest BCUT2D eigenvalue weighted by molar-refractivity contribution is -0.148. The van der Waals surface area contributed by atoms with Crippen LogP contribution in [0.2, 0.25) is 0 Å². The van der Waals surface area contributed by atoms with Gasteiger partial charge in [0.15, 0.2) is 0 Å². The molecule has 0 bridgehead atoms. The van der Waals surface area contributed by atoms with Gasteiger partial charge in [-0.25, -0.2) is 0 Å². The maximum absolute atomic E-state index is 12.0. The molecule has 1 aromatic rings. The summed E-state index contributed by atoms with van der Waals surface area (Å²) < 4.78 is 10.7. The van der Waals surface area contributed by atoms with E-state index in [9.17, 15) is 4.79 Å². The number of rotatable bonds is 8. The number of esters is 1. The number of hydrogen-bond donors (Lipinski definition) is 1. The smallest absolute Gasteiger partial charge is 0.325 e. The average molecular weight is 291 g/mol. The molecule has 0 amide bonds. The fraction of sp³-hybridized carbons (Fsp3) is 0.588. The summed E-state index contributed by atoms with van der Waals surface area (Å²) in [6.45, 7) is 4.56. The molecule has 1 aliphatic rings. The van der Waals surface area contributed by atoms with Gasteiger partial charge in [0.2, 0.25) is 0 Å². The van der Waals surface area contributed by atoms with Crippen molar-refractivity contribution in [2.24, 2.45) is 0 Å². The van der Waals surface area contributed by atoms with Crippen molar-refractivity contribution < 1.29 is 14.3 Å². The van der Waals surface area contributed by atoms with E-state index < -0.39 is 5.54 Å². The second-order valence-corrected chi connectivity index (χ2v) is 6.01. The molecule has 1 aliphatic carbocycles. The van der Waals surface area contributed by atoms with Crippen LogP contribution in [0.1, 0.15) is 38.2 Å². The van der Waals surface area contributed by atoms with E-state index in [1.807, 2.05) is 38.1 Å². The van der Waals surface area contributed by atoms with E-state index in [1.165, 1.54) is 12.7 Å². The zero-order valence-corrected chi connectivity index (χ0v) is 13.1. The minimum Gasteiger partial charge on any atom is -0.494 e. The SMILES string of the molecule is COC(=O)C(C)(CCCOc1cccc(C)c1)NC1CC1. The monoisotopic (exact) mass is 291 g/mol. The minimum atomic E-state index is -0.605. The molecule has 2 rings (SSSR count). The van der Waals surface area contributed by atoms with Gasteiger partial charge < -0.3 is 9.47 Å². The Morgan fingerprint density at radius 1 is 1.43 bits per heavy atom. The predicted molar refractivity (Wildman–Crippen MR) is 82.5 cm³/mol. The molecule has 21 heavy (non-hydrogen) atoms. The summed E-state index contributed by atoms with van der Waals surface area (Å²) in [5.74, 6) is 0.690. The number of carbonyl (C=O) groups excluding carboxylic acids is 1. The lowest BCUT2D eigenvalue weighted by atomic mass is 9.96. The van der Waals surface area contributed by atoms with Crippen molar-refractivity contribution in [1.29, 1.82) is 0 Å². The summed E-state index contributed by atoms with van der Waals surface area (Å²) in [6.07, 6.45) is 3.81. The number of nitrogens with one attached hydrogen (secondary N) is 1. The number of benzene rings is 1. The zero-order valence-electron chi connectivity index (χ0n) is 13.1. The third kappa shape index (κ3) is 4.74. The highest BCUT2D eigenvalue weighted by molar-refractivity contribution is 5.80. The minimum absolute atomic E-state index is 0.190. The van der Waals surface area contributed by atoms with Crippen molar-refractivity contribution in [2.45, 2.75) is 51.1 Å². The first-order chi connectivity index (χ1) is 10.0. The topological polar surface area (TPSA) is 47.6 Å². The molecule has 0 spiro atoms. The molecular weight excluding hydrogens is 266 g/mol. The van der Waals surface area contributed by atoms with Crippen LogP contribution in [0.5, 0.6) is 5.75 Å². The van der Waals surface area contributed by atoms with Gasteiger partial charge in [0.05, 0.1) is 13.7 Å². The van der Waals surface area contributed by atoms with Crippen molar-refractivity contribution in [1.82, 2.24) is 5.32 Å². The van der Waals surface area contributed by atoms with Crippen LogP contribution >= 0.6 is 0 Å². The first kappa shape index (κ1) is 15.8. The standard InChI is InChI=1S/C17H25NO3/c1-13-6-4-7-15(12-13)21-11-5-10-17(2,16(19)20-3)18-14-8-9-14/h4,6-7,12,14,18H,5,8-11H2,1-3H3. The third-order valence-electron chi connectivity index (χ3n) is 3.82. The Morgan fingerprint density at radius 3 is 2.81 bits per heavy atom. The molecule has 0 aromatic heterocycles. The number of carbonyl (C=O) groups is 1. The number of aryl methyl sites for hydroxylation is 1. The second-order valence-electron chi connectivity index (χ2n) is 6.01. The van der Waals surface area contributed by atoms with Gasteiger partial charge in [0.25, 0.3) is 0 Å². The van der Waals surface area contributed by atoms with Crippen molar-refractivity contribution in [3.05, 3.63) is 29.8 Å². The quantitative estimate of drug-likeness (QED) is 0.591. The molecule has 1 fully saturated rings. The maximum Gasteiger partial charge on any atom is 0.325 e. The molecule has 0 saturated heterocycles. The van der Waals surface area contributed by atoms with E-state index in [0.29, 0.717) is 19.1 Å². The molecule has 1 aromatic carbocycles. The van der Waals surface area contributed by atoms with Gasteiger partial charge in [0.1, 0.15) is 11.3 Å². The van der Waals surface area contributed by atoms with Gasteiger partial charge in [-0.2, -0.15) is 0 Å². The first-order valence-electron chi connectivity index (χ1n) is 7.59. The summed E-state index contributed by atoms with van der Waals surface area (Å²) in [6, 6.07) is 8.46. The summed E-state index contributed by atoms with van der Waals surface area (Å²) in [5, 5.41) is 3.40. The Hall–Kier alpha value is -1.55. The Bertz CT molecular complexity index is 485. The summed E-state index contributed by atoms with van der Waals surface area (Å²) >= 11 is 0. The molecule has 1 atom stereocenters. The zero-order chi connectivity index (χ0) is 15.3. The van der Waals surface area contributed by atoms with Crippen LogP contribution in [0.15, 0.2) is 24.3 Å². The molecule has 1 unspecified atom stereocenters. The maximum atomic E-state index is 12.0. The van der Waals surface area contributed by atoms with Crippen molar-refractivity contribution in [3.8, 4) is 5.75 Å². The number of ether oxygens (including phenoxy) is 2. The van der Waals surface area contributed by atoms with E-state index in [2.05, 4.69) is 5.32 Å². The van der Waals surface area contributed by atoms with Gasteiger partial charge in [0, 0.05) is 6.04 Å². The molecule has 1 saturated carbocycles. The Morgan fingerprint density at radius 2 is 2.19 bits per heavy atom. The van der Waals surface area contributed by atoms with Gasteiger partial charge in [-0.1, -0.05) is 12.1 Å². The fourth-order valence-corrected chi connectivity index (χ4v) is 2.46. The van der Waals surface area contributed by atoms with Crippen LogP contribution in [-0.2, 0) is 9.53 Å². The molecular formula is C17H25NO3. The Balaban J connectivity index is 1.80. The third-order valence-corrected chi connectivity index (χ3v) is 3.82. The fourth-order valence-electron chi connectivity index (χ4n) is 2.46. The van der Waals surface area contributed by atoms with Gasteiger partial charge in [-0.05, 0) is 57.2 Å². The molecule has 0 radical (unpaired) electrons. The highest BCUT2D eigenvalue weighted by Gasteiger charge is 2.38. The van der Waals surface area contributed by atoms with Crippen molar-refractivity contribution >= 4 is 5.97 Å². The lowest BCUT2D eigenvalue weighted by Crippen LogP contribution is -2.51. The normalized spacial score (nSPS) is 17.1. The van der Waals surface area contributed by atoms with E-state index in [4.69, 9.17) is 9.47 Å². The van der Waals surface area contributed by atoms with Crippen LogP contribution in [0.3, 0.4) is 0 Å². The molecule has 0 heterocycles. The Labute approximate surface area is 126 Å². The largest absolute Gasteiger partial charge is 0.494 e. The molecule has 116 valence electrons. The van der Waals surface area contributed by atoms with Crippen molar-refractivity contribution in [3.63, 3.8) is 0 Å². The van der Waals surface area contributed by atoms with Crippen molar-refractivity contribution in [2.75, 3.05) is 13.7 Å². The highest BCUT2D eigenvalue weighted by atomic mass is 16.5. The van der Waals surface area contributed by atoms with Crippen LogP contribution in [0, 0.1) is 6.92 Å². The second kappa shape index (κ2) is 6.94. The predicted octanol–water partition coefficient (Wildman–Crippen LogP) is 2.84. The highest BCUT2D eigenvalue weighted by Crippen LogP contribution is 2.25. The van der Waals surface area contributed by atoms with E-state index in [1.54, 1.807) is 0 Å². The average Bonchev–Trinajstić information content (AvgIpc) is 3.26. The van der Waals surface area contributed by atoms with Crippen LogP contribution in [-0.4, -0.2) is 31.3 Å². The molecule has 0 aliphatic heterocycles. The van der Waals surface area contributed by atoms with Crippen LogP contribution < -0.4 is 10.1 Å². The summed E-state index contributed by atoms with van der Waals surface area (Å²) in [4.78, 5) is 12.0. The molecule has 4 heteroatoms. The number of methoxy groups -OCH3 is 1. The molecule has 4 nitrogen and oxygen atoms in total. The van der Waals surface area contributed by atoms with Crippen LogP contribution in [0.4, 0.5) is 0 Å². The lowest BCUT2D eigenvalue weighted by Gasteiger charge is -2.28. The van der Waals surface area contributed by atoms with Gasteiger partial charge in [-0.15, -0.1) is 0 Å². The summed E-state index contributed by atoms with van der Waals surface area (Å²) in [5.41, 5.74) is 0.577. The summed E-state index contributed by atoms with van der Waals surface area (Å²) in [7, 11) is 1.44. The van der Waals surface area contributed by atoms with Gasteiger partial charge >= 0.3 is 5.97 Å². The number of hydrogen-bond acceptors (Lipinski definition) is 4. The van der Waals surface area contributed by atoms with Gasteiger partial charge in [-0.3, -0.25) is 10.1 Å². The molecule has 1 N–H and O–H groups in total. The van der Waals surface area contributed by atoms with E-state index in [0.717, 1.165) is 25.0 Å². The van der Waals surface area contributed by atoms with Crippen LogP contribution in [0.25, 0.3) is 0 Å². The first-order valence-corrected chi connectivity index (χ1v) is 7.59. The van der Waals surface area contributed by atoms with E-state index in [-0.39, 0.29) is 5.97 Å².